The van der Waals surface area contributed by atoms with Gasteiger partial charge >= 0.3 is 6.18 Å². The van der Waals surface area contributed by atoms with Gasteiger partial charge in [0.1, 0.15) is 5.69 Å². The van der Waals surface area contributed by atoms with Crippen LogP contribution in [-0.2, 0) is 6.42 Å². The lowest BCUT2D eigenvalue weighted by atomic mass is 10.3. The van der Waals surface area contributed by atoms with E-state index < -0.39 is 12.7 Å². The molecule has 2 N–H and O–H groups in total. The van der Waals surface area contributed by atoms with Gasteiger partial charge in [-0.25, -0.2) is 4.98 Å². The predicted molar refractivity (Wildman–Crippen MR) is 92.4 cm³/mol. The molecule has 1 saturated heterocycles. The molecule has 0 aliphatic carbocycles. The average molecular weight is 409 g/mol. The highest BCUT2D eigenvalue weighted by molar-refractivity contribution is 7.09. The van der Waals surface area contributed by atoms with Crippen molar-refractivity contribution in [2.45, 2.75) is 19.0 Å². The second kappa shape index (κ2) is 10.4. The minimum absolute atomic E-state index is 0. The molecule has 0 spiro atoms. The van der Waals surface area contributed by atoms with Crippen LogP contribution in [0.3, 0.4) is 0 Å². The zero-order valence-electron chi connectivity index (χ0n) is 12.9. The van der Waals surface area contributed by atoms with E-state index in [9.17, 15) is 18.0 Å². The third-order valence-electron chi connectivity index (χ3n) is 3.41. The van der Waals surface area contributed by atoms with Gasteiger partial charge in [0.05, 0.1) is 11.6 Å². The molecule has 140 valence electrons. The number of aromatic nitrogens is 1. The van der Waals surface area contributed by atoms with Crippen molar-refractivity contribution in [3.63, 3.8) is 0 Å². The molecule has 2 rings (SSSR count). The normalized spacial score (nSPS) is 16.1. The Labute approximate surface area is 155 Å². The van der Waals surface area contributed by atoms with Gasteiger partial charge in [-0.15, -0.1) is 36.2 Å². The van der Waals surface area contributed by atoms with Crippen molar-refractivity contribution < 1.29 is 18.0 Å². The number of halogens is 5. The van der Waals surface area contributed by atoms with E-state index in [-0.39, 0.29) is 37.3 Å². The van der Waals surface area contributed by atoms with Crippen LogP contribution in [0.15, 0.2) is 5.38 Å². The molecule has 1 fully saturated rings. The molecule has 1 aromatic heterocycles. The molecule has 0 atom stereocenters. The Morgan fingerprint density at radius 3 is 2.58 bits per heavy atom. The summed E-state index contributed by atoms with van der Waals surface area (Å²) in [6.45, 7) is 0.864. The first-order valence-corrected chi connectivity index (χ1v) is 8.00. The summed E-state index contributed by atoms with van der Waals surface area (Å²) in [5.74, 6) is -0.214. The number of hydrogen-bond acceptors (Lipinski definition) is 5. The zero-order valence-corrected chi connectivity index (χ0v) is 15.4. The highest BCUT2D eigenvalue weighted by atomic mass is 35.5. The van der Waals surface area contributed by atoms with Crippen molar-refractivity contribution in [1.82, 2.24) is 14.8 Å². The van der Waals surface area contributed by atoms with Crippen LogP contribution in [0, 0.1) is 0 Å². The first-order chi connectivity index (χ1) is 10.4. The lowest BCUT2D eigenvalue weighted by molar-refractivity contribution is -0.145. The fourth-order valence-electron chi connectivity index (χ4n) is 2.40. The monoisotopic (exact) mass is 408 g/mol. The minimum atomic E-state index is -4.20. The zero-order chi connectivity index (χ0) is 16.2. The topological polar surface area (TPSA) is 62.5 Å². The number of nitrogens with two attached hydrogens (primary N) is 1. The van der Waals surface area contributed by atoms with Crippen molar-refractivity contribution in [1.29, 1.82) is 0 Å². The number of alkyl halides is 3. The molecule has 0 aromatic carbocycles. The Kier molecular flexibility index (Phi) is 10.1. The van der Waals surface area contributed by atoms with Crippen molar-refractivity contribution in [3.05, 3.63) is 16.1 Å². The van der Waals surface area contributed by atoms with Crippen LogP contribution in [0.5, 0.6) is 0 Å². The summed E-state index contributed by atoms with van der Waals surface area (Å²) in [5, 5.41) is 2.49. The Morgan fingerprint density at radius 1 is 1.25 bits per heavy atom. The van der Waals surface area contributed by atoms with E-state index in [1.54, 1.807) is 10.3 Å². The van der Waals surface area contributed by atoms with E-state index in [4.69, 9.17) is 5.73 Å². The van der Waals surface area contributed by atoms with E-state index in [1.807, 2.05) is 0 Å². The molecule has 1 aliphatic heterocycles. The van der Waals surface area contributed by atoms with E-state index in [2.05, 4.69) is 4.98 Å². The lowest BCUT2D eigenvalue weighted by Gasteiger charge is -2.22. The Bertz CT molecular complexity index is 516. The molecular weight excluding hydrogens is 388 g/mol. The molecule has 1 amide bonds. The fourth-order valence-corrected chi connectivity index (χ4v) is 3.18. The van der Waals surface area contributed by atoms with Gasteiger partial charge in [0.25, 0.3) is 5.91 Å². The van der Waals surface area contributed by atoms with Gasteiger partial charge in [0, 0.05) is 38.0 Å². The maximum Gasteiger partial charge on any atom is 0.401 e. The quantitative estimate of drug-likeness (QED) is 0.829. The summed E-state index contributed by atoms with van der Waals surface area (Å²) in [7, 11) is 0. The largest absolute Gasteiger partial charge is 0.401 e. The average Bonchev–Trinajstić information content (AvgIpc) is 2.77. The molecule has 2 heterocycles. The van der Waals surface area contributed by atoms with Crippen molar-refractivity contribution >= 4 is 42.1 Å². The summed E-state index contributed by atoms with van der Waals surface area (Å²) in [5.41, 5.74) is 5.81. The first-order valence-electron chi connectivity index (χ1n) is 7.12. The Balaban J connectivity index is 0.00000264. The predicted octanol–water partition coefficient (Wildman–Crippen LogP) is 2.20. The van der Waals surface area contributed by atoms with Crippen LogP contribution < -0.4 is 5.73 Å². The summed E-state index contributed by atoms with van der Waals surface area (Å²) in [6, 6.07) is 0. The standard InChI is InChI=1S/C13H19F3N4OS.2ClH/c14-13(15,16)9-19-4-1-5-20(7-6-19)12(21)10-8-22-11(18-10)2-3-17;;/h8H,1-7,9,17H2;2*1H. The number of carbonyl (C=O) groups excluding carboxylic acids is 1. The van der Waals surface area contributed by atoms with Gasteiger partial charge in [0.2, 0.25) is 0 Å². The van der Waals surface area contributed by atoms with Crippen molar-refractivity contribution in [3.8, 4) is 0 Å². The molecular formula is C13H21Cl2F3N4OS. The van der Waals surface area contributed by atoms with Crippen LogP contribution in [0.25, 0.3) is 0 Å². The molecule has 5 nitrogen and oxygen atoms in total. The van der Waals surface area contributed by atoms with Crippen LogP contribution >= 0.6 is 36.2 Å². The maximum absolute atomic E-state index is 12.4. The highest BCUT2D eigenvalue weighted by Crippen LogP contribution is 2.18. The summed E-state index contributed by atoms with van der Waals surface area (Å²) < 4.78 is 37.3. The van der Waals surface area contributed by atoms with Gasteiger partial charge in [0.15, 0.2) is 0 Å². The van der Waals surface area contributed by atoms with Crippen LogP contribution in [0.1, 0.15) is 21.9 Å². The van der Waals surface area contributed by atoms with Gasteiger partial charge in [-0.1, -0.05) is 0 Å². The van der Waals surface area contributed by atoms with Gasteiger partial charge < -0.3 is 10.6 Å². The Hall–Kier alpha value is -0.610. The van der Waals surface area contributed by atoms with Crippen LogP contribution in [0.4, 0.5) is 13.2 Å². The molecule has 1 aromatic rings. The van der Waals surface area contributed by atoms with Crippen LogP contribution in [-0.4, -0.2) is 66.1 Å². The molecule has 24 heavy (non-hydrogen) atoms. The molecule has 11 heteroatoms. The third-order valence-corrected chi connectivity index (χ3v) is 4.32. The second-order valence-electron chi connectivity index (χ2n) is 5.20. The summed E-state index contributed by atoms with van der Waals surface area (Å²) in [6.07, 6.45) is -3.05. The lowest BCUT2D eigenvalue weighted by Crippen LogP contribution is -2.38. The van der Waals surface area contributed by atoms with Gasteiger partial charge in [-0.2, -0.15) is 13.2 Å². The molecule has 1 aliphatic rings. The summed E-state index contributed by atoms with van der Waals surface area (Å²) in [4.78, 5) is 19.5. The Morgan fingerprint density at radius 2 is 1.96 bits per heavy atom. The summed E-state index contributed by atoms with van der Waals surface area (Å²) >= 11 is 1.38. The van der Waals surface area contributed by atoms with E-state index in [1.165, 1.54) is 16.2 Å². The first kappa shape index (κ1) is 23.4. The third kappa shape index (κ3) is 7.10. The smallest absolute Gasteiger partial charge is 0.336 e. The number of rotatable bonds is 4. The second-order valence-corrected chi connectivity index (χ2v) is 6.14. The number of amides is 1. The number of carbonyl (C=O) groups is 1. The molecule has 0 saturated carbocycles. The minimum Gasteiger partial charge on any atom is -0.336 e. The number of hydrogen-bond donors (Lipinski definition) is 1. The van der Waals surface area contributed by atoms with Crippen molar-refractivity contribution in [2.24, 2.45) is 5.73 Å². The maximum atomic E-state index is 12.4. The molecule has 0 bridgehead atoms. The van der Waals surface area contributed by atoms with E-state index >= 15 is 0 Å². The molecule has 0 unspecified atom stereocenters. The van der Waals surface area contributed by atoms with Crippen LogP contribution in [0.2, 0.25) is 0 Å². The van der Waals surface area contributed by atoms with Gasteiger partial charge in [-0.3, -0.25) is 9.69 Å². The van der Waals surface area contributed by atoms with E-state index in [0.29, 0.717) is 44.7 Å². The van der Waals surface area contributed by atoms with E-state index in [0.717, 1.165) is 5.01 Å². The number of nitrogens with zero attached hydrogens (tertiary/aromatic N) is 3. The SMILES string of the molecule is Cl.Cl.NCCc1nc(C(=O)N2CCCN(CC(F)(F)F)CC2)cs1. The van der Waals surface area contributed by atoms with Crippen molar-refractivity contribution in [2.75, 3.05) is 39.3 Å². The highest BCUT2D eigenvalue weighted by Gasteiger charge is 2.32. The van der Waals surface area contributed by atoms with Gasteiger partial charge in [-0.05, 0) is 13.0 Å². The number of thiazole rings is 1. The molecule has 0 radical (unpaired) electrons. The fraction of sp³-hybridized carbons (Fsp3) is 0.692.